The molecule has 0 aliphatic carbocycles. The largest absolute Gasteiger partial charge is 0.508 e. The molecule has 84 valence electrons. The molecule has 0 fully saturated rings. The Kier molecular flexibility index (Phi) is 5.12. The lowest BCUT2D eigenvalue weighted by molar-refractivity contribution is 0.433. The molecule has 0 aromatic heterocycles. The minimum atomic E-state index is 0.319. The maximum absolute atomic E-state index is 9.14. The number of nitrogens with one attached hydrogen (secondary N) is 1. The Bertz CT molecular complexity index is 284. The van der Waals surface area contributed by atoms with E-state index in [1.165, 1.54) is 5.56 Å². The van der Waals surface area contributed by atoms with E-state index in [9.17, 15) is 0 Å². The van der Waals surface area contributed by atoms with Gasteiger partial charge in [0.2, 0.25) is 0 Å². The van der Waals surface area contributed by atoms with Gasteiger partial charge in [0.15, 0.2) is 0 Å². The van der Waals surface area contributed by atoms with Crippen LogP contribution in [0.15, 0.2) is 24.3 Å². The molecule has 0 saturated heterocycles. The summed E-state index contributed by atoms with van der Waals surface area (Å²) in [5.41, 5.74) is 1.19. The third-order valence-electron chi connectivity index (χ3n) is 2.48. The molecule has 0 amide bonds. The average Bonchev–Trinajstić information content (AvgIpc) is 2.21. The lowest BCUT2D eigenvalue weighted by Crippen LogP contribution is -2.34. The molecule has 2 nitrogen and oxygen atoms in total. The zero-order valence-corrected chi connectivity index (χ0v) is 10.8. The van der Waals surface area contributed by atoms with Crippen molar-refractivity contribution in [1.29, 1.82) is 0 Å². The molecule has 15 heavy (non-hydrogen) atoms. The number of rotatable bonds is 5. The minimum Gasteiger partial charge on any atom is -0.508 e. The molecule has 1 atom stereocenters. The lowest BCUT2D eigenvalue weighted by Gasteiger charge is -2.19. The third-order valence-corrected chi connectivity index (χ3v) is 3.17. The van der Waals surface area contributed by atoms with Crippen molar-refractivity contribution < 1.29 is 5.11 Å². The van der Waals surface area contributed by atoms with Crippen LogP contribution in [0.5, 0.6) is 5.75 Å². The van der Waals surface area contributed by atoms with Gasteiger partial charge in [-0.2, -0.15) is 0 Å². The van der Waals surface area contributed by atoms with E-state index >= 15 is 0 Å². The van der Waals surface area contributed by atoms with E-state index in [1.807, 2.05) is 12.1 Å². The predicted octanol–water partition coefficient (Wildman–Crippen LogP) is 2.90. The number of hydrogen-bond donors (Lipinski definition) is 2. The molecule has 0 heterocycles. The molecule has 1 aromatic carbocycles. The molecule has 0 radical (unpaired) electrons. The van der Waals surface area contributed by atoms with Crippen molar-refractivity contribution in [2.24, 2.45) is 5.92 Å². The molecule has 3 heteroatoms. The first-order valence-electron chi connectivity index (χ1n) is 5.20. The van der Waals surface area contributed by atoms with E-state index in [2.05, 4.69) is 35.1 Å². The number of aromatic hydroxyl groups is 1. The Morgan fingerprint density at radius 2 is 1.87 bits per heavy atom. The molecule has 0 saturated carbocycles. The van der Waals surface area contributed by atoms with Gasteiger partial charge in [0.05, 0.1) is 0 Å². The fraction of sp³-hybridized carbons (Fsp3) is 0.500. The third kappa shape index (κ3) is 4.22. The van der Waals surface area contributed by atoms with Crippen LogP contribution in [0, 0.1) is 5.92 Å². The van der Waals surface area contributed by atoms with Gasteiger partial charge in [-0.25, -0.2) is 0 Å². The lowest BCUT2D eigenvalue weighted by atomic mass is 10.1. The van der Waals surface area contributed by atoms with E-state index in [0.717, 1.165) is 11.9 Å². The van der Waals surface area contributed by atoms with Crippen LogP contribution in [0.3, 0.4) is 0 Å². The number of phenols is 1. The molecule has 1 unspecified atom stereocenters. The van der Waals surface area contributed by atoms with Gasteiger partial charge >= 0.3 is 0 Å². The first-order valence-corrected chi connectivity index (χ1v) is 6.33. The smallest absolute Gasteiger partial charge is 0.115 e. The highest BCUT2D eigenvalue weighted by Gasteiger charge is 2.10. The van der Waals surface area contributed by atoms with Crippen molar-refractivity contribution in [2.75, 3.05) is 5.33 Å². The molecule has 2 N–H and O–H groups in total. The van der Waals surface area contributed by atoms with Crippen LogP contribution in [0.1, 0.15) is 19.4 Å². The molecule has 1 rings (SSSR count). The Morgan fingerprint density at radius 1 is 1.27 bits per heavy atom. The van der Waals surface area contributed by atoms with Crippen molar-refractivity contribution in [3.8, 4) is 5.75 Å². The fourth-order valence-electron chi connectivity index (χ4n) is 1.33. The molecule has 1 aromatic rings. The highest BCUT2D eigenvalue weighted by molar-refractivity contribution is 9.09. The van der Waals surface area contributed by atoms with Crippen molar-refractivity contribution in [3.05, 3.63) is 29.8 Å². The number of alkyl halides is 1. The summed E-state index contributed by atoms with van der Waals surface area (Å²) >= 11 is 3.50. The summed E-state index contributed by atoms with van der Waals surface area (Å²) in [4.78, 5) is 0. The summed E-state index contributed by atoms with van der Waals surface area (Å²) in [7, 11) is 0. The van der Waals surface area contributed by atoms with E-state index in [-0.39, 0.29) is 0 Å². The standard InChI is InChI=1S/C12H18BrNO/c1-9(2)12(7-13)14-8-10-3-5-11(15)6-4-10/h3-6,9,12,14-15H,7-8H2,1-2H3. The van der Waals surface area contributed by atoms with Crippen molar-refractivity contribution >= 4 is 15.9 Å². The zero-order chi connectivity index (χ0) is 11.3. The van der Waals surface area contributed by atoms with E-state index in [1.54, 1.807) is 12.1 Å². The van der Waals surface area contributed by atoms with Crippen LogP contribution in [0.25, 0.3) is 0 Å². The van der Waals surface area contributed by atoms with Gasteiger partial charge in [-0.1, -0.05) is 41.9 Å². The molecular formula is C12H18BrNO. The monoisotopic (exact) mass is 271 g/mol. The fourth-order valence-corrected chi connectivity index (χ4v) is 2.31. The SMILES string of the molecule is CC(C)C(CBr)NCc1ccc(O)cc1. The minimum absolute atomic E-state index is 0.319. The van der Waals surface area contributed by atoms with Gasteiger partial charge < -0.3 is 10.4 Å². The number of hydrogen-bond acceptors (Lipinski definition) is 2. The quantitative estimate of drug-likeness (QED) is 0.808. The molecule has 0 aliphatic rings. The highest BCUT2D eigenvalue weighted by Crippen LogP contribution is 2.11. The van der Waals surface area contributed by atoms with Gasteiger partial charge in [0.1, 0.15) is 5.75 Å². The summed E-state index contributed by atoms with van der Waals surface area (Å²) in [6.07, 6.45) is 0. The zero-order valence-electron chi connectivity index (χ0n) is 9.20. The Balaban J connectivity index is 2.45. The average molecular weight is 272 g/mol. The number of halogens is 1. The topological polar surface area (TPSA) is 32.3 Å². The Morgan fingerprint density at radius 3 is 2.33 bits per heavy atom. The normalized spacial score (nSPS) is 13.1. The summed E-state index contributed by atoms with van der Waals surface area (Å²) < 4.78 is 0. The van der Waals surface area contributed by atoms with Crippen LogP contribution >= 0.6 is 15.9 Å². The second-order valence-corrected chi connectivity index (χ2v) is 4.70. The Hall–Kier alpha value is -0.540. The van der Waals surface area contributed by atoms with E-state index in [0.29, 0.717) is 17.7 Å². The van der Waals surface area contributed by atoms with Crippen LogP contribution < -0.4 is 5.32 Å². The first-order chi connectivity index (χ1) is 7.13. The summed E-state index contributed by atoms with van der Waals surface area (Å²) in [6, 6.07) is 7.80. The van der Waals surface area contributed by atoms with Gasteiger partial charge in [-0.05, 0) is 23.6 Å². The second kappa shape index (κ2) is 6.13. The van der Waals surface area contributed by atoms with Crippen LogP contribution in [0.2, 0.25) is 0 Å². The van der Waals surface area contributed by atoms with Crippen LogP contribution in [-0.4, -0.2) is 16.5 Å². The maximum atomic E-state index is 9.14. The van der Waals surface area contributed by atoms with Gasteiger partial charge in [0, 0.05) is 17.9 Å². The van der Waals surface area contributed by atoms with Gasteiger partial charge in [-0.3, -0.25) is 0 Å². The van der Waals surface area contributed by atoms with Crippen LogP contribution in [0.4, 0.5) is 0 Å². The Labute approximate surface area is 99.8 Å². The van der Waals surface area contributed by atoms with Crippen molar-refractivity contribution in [2.45, 2.75) is 26.4 Å². The summed E-state index contributed by atoms with van der Waals surface area (Å²) in [5, 5.41) is 13.6. The predicted molar refractivity (Wildman–Crippen MR) is 67.4 cm³/mol. The maximum Gasteiger partial charge on any atom is 0.115 e. The summed E-state index contributed by atoms with van der Waals surface area (Å²) in [6.45, 7) is 5.25. The van der Waals surface area contributed by atoms with Gasteiger partial charge in [-0.15, -0.1) is 0 Å². The van der Waals surface area contributed by atoms with Crippen LogP contribution in [-0.2, 0) is 6.54 Å². The molecule has 0 spiro atoms. The molecular weight excluding hydrogens is 254 g/mol. The summed E-state index contributed by atoms with van der Waals surface area (Å²) in [5.74, 6) is 0.932. The number of benzene rings is 1. The van der Waals surface area contributed by atoms with Crippen molar-refractivity contribution in [3.63, 3.8) is 0 Å². The molecule has 0 bridgehead atoms. The van der Waals surface area contributed by atoms with E-state index in [4.69, 9.17) is 5.11 Å². The van der Waals surface area contributed by atoms with Crippen molar-refractivity contribution in [1.82, 2.24) is 5.32 Å². The highest BCUT2D eigenvalue weighted by atomic mass is 79.9. The number of phenolic OH excluding ortho intramolecular Hbond substituents is 1. The molecule has 0 aliphatic heterocycles. The van der Waals surface area contributed by atoms with E-state index < -0.39 is 0 Å². The van der Waals surface area contributed by atoms with Gasteiger partial charge in [0.25, 0.3) is 0 Å². The first kappa shape index (κ1) is 12.5. The second-order valence-electron chi connectivity index (χ2n) is 4.05.